The van der Waals surface area contributed by atoms with Crippen molar-refractivity contribution in [2.45, 2.75) is 45.5 Å². The highest BCUT2D eigenvalue weighted by atomic mass is 19.4. The highest BCUT2D eigenvalue weighted by Gasteiger charge is 2.31. The molecule has 0 fully saturated rings. The normalized spacial score (nSPS) is 13.7. The van der Waals surface area contributed by atoms with Crippen molar-refractivity contribution >= 4 is 11.8 Å². The summed E-state index contributed by atoms with van der Waals surface area (Å²) in [6.45, 7) is 6.59. The van der Waals surface area contributed by atoms with E-state index < -0.39 is 29.5 Å². The van der Waals surface area contributed by atoms with Crippen molar-refractivity contribution in [3.63, 3.8) is 0 Å². The summed E-state index contributed by atoms with van der Waals surface area (Å²) in [5.74, 6) is 0. The van der Waals surface area contributed by atoms with Crippen molar-refractivity contribution in [1.29, 1.82) is 0 Å². The zero-order valence-corrected chi connectivity index (χ0v) is 12.3. The van der Waals surface area contributed by atoms with Gasteiger partial charge in [-0.15, -0.1) is 0 Å². The molecule has 4 nitrogen and oxygen atoms in total. The Morgan fingerprint density at radius 1 is 1.29 bits per heavy atom. The lowest BCUT2D eigenvalue weighted by atomic mass is 10.0. The summed E-state index contributed by atoms with van der Waals surface area (Å²) in [5, 5.41) is 2.32. The van der Waals surface area contributed by atoms with E-state index in [1.54, 1.807) is 27.7 Å². The Morgan fingerprint density at radius 2 is 1.86 bits per heavy atom. The van der Waals surface area contributed by atoms with Gasteiger partial charge in [-0.3, -0.25) is 5.32 Å². The lowest BCUT2D eigenvalue weighted by Gasteiger charge is -2.21. The van der Waals surface area contributed by atoms with Crippen LogP contribution in [0.15, 0.2) is 18.2 Å². The van der Waals surface area contributed by atoms with Crippen LogP contribution in [0.1, 0.15) is 44.9 Å². The van der Waals surface area contributed by atoms with Crippen molar-refractivity contribution in [2.75, 3.05) is 5.32 Å². The highest BCUT2D eigenvalue weighted by molar-refractivity contribution is 5.86. The second-order valence-electron chi connectivity index (χ2n) is 5.72. The van der Waals surface area contributed by atoms with Crippen LogP contribution in [0.5, 0.6) is 0 Å². The van der Waals surface area contributed by atoms with Crippen molar-refractivity contribution in [2.24, 2.45) is 5.73 Å². The van der Waals surface area contributed by atoms with Gasteiger partial charge in [-0.05, 0) is 45.4 Å². The molecule has 1 amide bonds. The van der Waals surface area contributed by atoms with E-state index in [-0.39, 0.29) is 5.69 Å². The number of ether oxygens (including phenoxy) is 1. The van der Waals surface area contributed by atoms with Crippen LogP contribution in [0.25, 0.3) is 0 Å². The lowest BCUT2D eigenvalue weighted by Crippen LogP contribution is -2.28. The van der Waals surface area contributed by atoms with Gasteiger partial charge in [-0.1, -0.05) is 6.07 Å². The first kappa shape index (κ1) is 17.3. The monoisotopic (exact) mass is 304 g/mol. The molecule has 0 bridgehead atoms. The number of hydrogen-bond acceptors (Lipinski definition) is 3. The van der Waals surface area contributed by atoms with Crippen LogP contribution in [0.3, 0.4) is 0 Å². The quantitative estimate of drug-likeness (QED) is 0.865. The van der Waals surface area contributed by atoms with Gasteiger partial charge in [0.1, 0.15) is 5.60 Å². The molecular weight excluding hydrogens is 285 g/mol. The third-order valence-corrected chi connectivity index (χ3v) is 2.51. The summed E-state index contributed by atoms with van der Waals surface area (Å²) >= 11 is 0. The number of rotatable bonds is 2. The van der Waals surface area contributed by atoms with E-state index >= 15 is 0 Å². The number of carbonyl (C=O) groups is 1. The molecule has 1 rings (SSSR count). The summed E-state index contributed by atoms with van der Waals surface area (Å²) in [6, 6.07) is 2.50. The van der Waals surface area contributed by atoms with Crippen molar-refractivity contribution in [3.8, 4) is 0 Å². The van der Waals surface area contributed by atoms with Crippen LogP contribution < -0.4 is 11.1 Å². The van der Waals surface area contributed by atoms with E-state index in [1.165, 1.54) is 6.07 Å². The number of carbonyl (C=O) groups excluding carboxylic acids is 1. The minimum atomic E-state index is -4.50. The van der Waals surface area contributed by atoms with E-state index in [0.717, 1.165) is 12.1 Å². The Kier molecular flexibility index (Phi) is 4.88. The second kappa shape index (κ2) is 5.93. The van der Waals surface area contributed by atoms with Gasteiger partial charge in [0.15, 0.2) is 0 Å². The van der Waals surface area contributed by atoms with Crippen molar-refractivity contribution in [3.05, 3.63) is 29.3 Å². The van der Waals surface area contributed by atoms with Crippen LogP contribution in [0.2, 0.25) is 0 Å². The summed E-state index contributed by atoms with van der Waals surface area (Å²) in [7, 11) is 0. The minimum Gasteiger partial charge on any atom is -0.444 e. The van der Waals surface area contributed by atoms with Crippen molar-refractivity contribution in [1.82, 2.24) is 0 Å². The molecule has 1 aromatic rings. The molecule has 0 aromatic heterocycles. The first-order valence-corrected chi connectivity index (χ1v) is 6.37. The summed E-state index contributed by atoms with van der Waals surface area (Å²) in [5.41, 5.74) is 4.48. The summed E-state index contributed by atoms with van der Waals surface area (Å²) in [6.07, 6.45) is -5.33. The average molecular weight is 304 g/mol. The fourth-order valence-electron chi connectivity index (χ4n) is 1.65. The molecule has 0 saturated heterocycles. The second-order valence-corrected chi connectivity index (χ2v) is 5.72. The first-order chi connectivity index (χ1) is 9.40. The molecule has 0 unspecified atom stereocenters. The summed E-state index contributed by atoms with van der Waals surface area (Å²) in [4.78, 5) is 11.7. The third-order valence-electron chi connectivity index (χ3n) is 2.51. The van der Waals surface area contributed by atoms with Gasteiger partial charge in [0.2, 0.25) is 0 Å². The predicted octanol–water partition coefficient (Wildman–Crippen LogP) is 4.07. The van der Waals surface area contributed by atoms with Gasteiger partial charge in [0, 0.05) is 11.7 Å². The molecule has 118 valence electrons. The van der Waals surface area contributed by atoms with Crippen LogP contribution in [-0.2, 0) is 10.9 Å². The van der Waals surface area contributed by atoms with Crippen molar-refractivity contribution < 1.29 is 22.7 Å². The third kappa shape index (κ3) is 5.26. The van der Waals surface area contributed by atoms with E-state index in [4.69, 9.17) is 10.5 Å². The van der Waals surface area contributed by atoms with Crippen LogP contribution >= 0.6 is 0 Å². The average Bonchev–Trinajstić information content (AvgIpc) is 2.24. The number of alkyl halides is 3. The molecule has 7 heteroatoms. The van der Waals surface area contributed by atoms with Gasteiger partial charge in [-0.25, -0.2) is 4.79 Å². The zero-order valence-electron chi connectivity index (χ0n) is 12.3. The number of nitrogens with one attached hydrogen (secondary N) is 1. The van der Waals surface area contributed by atoms with E-state index in [0.29, 0.717) is 5.56 Å². The molecule has 0 radical (unpaired) electrons. The standard InChI is InChI=1S/C14H19F3N2O2/c1-8(18)10-6-5-9(14(15,16)17)7-11(10)19-12(20)21-13(2,3)4/h5-8H,18H2,1-4H3,(H,19,20)/t8-/m0/s1. The van der Waals surface area contributed by atoms with E-state index in [2.05, 4.69) is 5.32 Å². The molecule has 1 aromatic carbocycles. The smallest absolute Gasteiger partial charge is 0.416 e. The number of halogens is 3. The first-order valence-electron chi connectivity index (χ1n) is 6.37. The fourth-order valence-corrected chi connectivity index (χ4v) is 1.65. The number of amides is 1. The topological polar surface area (TPSA) is 64.3 Å². The molecule has 3 N–H and O–H groups in total. The molecule has 0 aliphatic rings. The Labute approximate surface area is 121 Å². The van der Waals surface area contributed by atoms with Gasteiger partial charge in [-0.2, -0.15) is 13.2 Å². The van der Waals surface area contributed by atoms with E-state index in [1.807, 2.05) is 0 Å². The fraction of sp³-hybridized carbons (Fsp3) is 0.500. The van der Waals surface area contributed by atoms with Gasteiger partial charge in [0.25, 0.3) is 0 Å². The Morgan fingerprint density at radius 3 is 2.29 bits per heavy atom. The van der Waals surface area contributed by atoms with Gasteiger partial charge in [0.05, 0.1) is 5.56 Å². The Hall–Kier alpha value is -1.76. The Bertz CT molecular complexity index is 520. The number of nitrogens with two attached hydrogens (primary N) is 1. The molecule has 21 heavy (non-hydrogen) atoms. The van der Waals surface area contributed by atoms with E-state index in [9.17, 15) is 18.0 Å². The maximum absolute atomic E-state index is 12.7. The van der Waals surface area contributed by atoms with Crippen LogP contribution in [-0.4, -0.2) is 11.7 Å². The molecule has 0 spiro atoms. The molecule has 0 aliphatic carbocycles. The van der Waals surface area contributed by atoms with Gasteiger partial charge >= 0.3 is 12.3 Å². The minimum absolute atomic E-state index is 0.00549. The largest absolute Gasteiger partial charge is 0.444 e. The predicted molar refractivity (Wildman–Crippen MR) is 73.9 cm³/mol. The highest BCUT2D eigenvalue weighted by Crippen LogP contribution is 2.33. The molecular formula is C14H19F3N2O2. The number of benzene rings is 1. The maximum Gasteiger partial charge on any atom is 0.416 e. The molecule has 1 atom stereocenters. The summed E-state index contributed by atoms with van der Waals surface area (Å²) < 4.78 is 43.2. The molecule has 0 heterocycles. The molecule has 0 aliphatic heterocycles. The van der Waals surface area contributed by atoms with Gasteiger partial charge < -0.3 is 10.5 Å². The molecule has 0 saturated carbocycles. The zero-order chi connectivity index (χ0) is 16.4. The lowest BCUT2D eigenvalue weighted by molar-refractivity contribution is -0.137. The van der Waals surface area contributed by atoms with Crippen LogP contribution in [0, 0.1) is 0 Å². The SMILES string of the molecule is C[C@H](N)c1ccc(C(F)(F)F)cc1NC(=O)OC(C)(C)C. The Balaban J connectivity index is 3.10. The number of hydrogen-bond donors (Lipinski definition) is 2. The van der Waals surface area contributed by atoms with Crippen LogP contribution in [0.4, 0.5) is 23.7 Å². The maximum atomic E-state index is 12.7. The number of anilines is 1.